The highest BCUT2D eigenvalue weighted by molar-refractivity contribution is 5.95. The Morgan fingerprint density at radius 3 is 2.30 bits per heavy atom. The summed E-state index contributed by atoms with van der Waals surface area (Å²) in [5.74, 6) is 3.11. The van der Waals surface area contributed by atoms with Crippen LogP contribution in [0.25, 0.3) is 11.1 Å². The molecule has 0 spiro atoms. The number of anilines is 1. The van der Waals surface area contributed by atoms with Crippen molar-refractivity contribution >= 4 is 17.6 Å². The summed E-state index contributed by atoms with van der Waals surface area (Å²) in [4.78, 5) is 29.9. The molecule has 8 nitrogen and oxygen atoms in total. The number of hydrogen-bond acceptors (Lipinski definition) is 6. The molecular weight excluding hydrogens is 557 g/mol. The lowest BCUT2D eigenvalue weighted by Crippen LogP contribution is -2.51. The molecule has 0 atom stereocenters. The minimum Gasteiger partial charge on any atom is -0.494 e. The van der Waals surface area contributed by atoms with Crippen LogP contribution in [0.15, 0.2) is 54.6 Å². The zero-order valence-corrected chi connectivity index (χ0v) is 25.3. The molecule has 4 saturated carbocycles. The summed E-state index contributed by atoms with van der Waals surface area (Å²) >= 11 is 0. The van der Waals surface area contributed by atoms with Gasteiger partial charge in [-0.3, -0.25) is 9.59 Å². The monoisotopic (exact) mass is 597 g/mol. The molecule has 0 radical (unpaired) electrons. The maximum atomic E-state index is 15.1. The SMILES string of the molecule is CCOc1cccc(-c2ccc(C(=O)N3CCN(c4ccc(C(=O)NCC56CC7CC(CC(C7)C5)C6)nn4)CC3)cc2F)c1. The molecule has 2 heterocycles. The summed E-state index contributed by atoms with van der Waals surface area (Å²) in [6, 6.07) is 15.5. The number of rotatable bonds is 8. The van der Waals surface area contributed by atoms with E-state index in [0.717, 1.165) is 24.3 Å². The highest BCUT2D eigenvalue weighted by atomic mass is 19.1. The van der Waals surface area contributed by atoms with Gasteiger partial charge in [0.15, 0.2) is 11.5 Å². The van der Waals surface area contributed by atoms with Gasteiger partial charge in [-0.15, -0.1) is 10.2 Å². The van der Waals surface area contributed by atoms with E-state index in [1.54, 1.807) is 29.2 Å². The zero-order valence-electron chi connectivity index (χ0n) is 25.3. The summed E-state index contributed by atoms with van der Waals surface area (Å²) in [6.45, 7) is 5.28. The van der Waals surface area contributed by atoms with Gasteiger partial charge in [-0.25, -0.2) is 4.39 Å². The summed E-state index contributed by atoms with van der Waals surface area (Å²) in [6.07, 6.45) is 7.92. The van der Waals surface area contributed by atoms with Gasteiger partial charge in [0.1, 0.15) is 11.6 Å². The van der Waals surface area contributed by atoms with Crippen molar-refractivity contribution in [2.75, 3.05) is 44.2 Å². The van der Waals surface area contributed by atoms with Crippen molar-refractivity contribution < 1.29 is 18.7 Å². The third-order valence-electron chi connectivity index (χ3n) is 10.2. The first kappa shape index (κ1) is 28.7. The van der Waals surface area contributed by atoms with Crippen LogP contribution in [-0.4, -0.2) is 66.2 Å². The summed E-state index contributed by atoms with van der Waals surface area (Å²) < 4.78 is 20.6. The fourth-order valence-electron chi connectivity index (χ4n) is 8.60. The molecule has 9 heteroatoms. The number of benzene rings is 2. The predicted molar refractivity (Wildman–Crippen MR) is 166 cm³/mol. The quantitative estimate of drug-likeness (QED) is 0.364. The molecule has 2 aromatic carbocycles. The van der Waals surface area contributed by atoms with Crippen molar-refractivity contribution in [3.8, 4) is 16.9 Å². The van der Waals surface area contributed by atoms with Gasteiger partial charge >= 0.3 is 0 Å². The van der Waals surface area contributed by atoms with Gasteiger partial charge in [0.05, 0.1) is 6.61 Å². The molecule has 0 unspecified atom stereocenters. The van der Waals surface area contributed by atoms with Crippen molar-refractivity contribution in [1.29, 1.82) is 0 Å². The van der Waals surface area contributed by atoms with Crippen molar-refractivity contribution in [3.63, 3.8) is 0 Å². The van der Waals surface area contributed by atoms with Crippen LogP contribution in [0.4, 0.5) is 10.2 Å². The second-order valence-electron chi connectivity index (χ2n) is 13.3. The number of piperazine rings is 1. The molecule has 1 saturated heterocycles. The second-order valence-corrected chi connectivity index (χ2v) is 13.3. The molecule has 4 aliphatic carbocycles. The summed E-state index contributed by atoms with van der Waals surface area (Å²) in [7, 11) is 0. The van der Waals surface area contributed by atoms with Crippen LogP contribution in [0.3, 0.4) is 0 Å². The fraction of sp³-hybridized carbons (Fsp3) is 0.486. The van der Waals surface area contributed by atoms with Crippen LogP contribution < -0.4 is 15.0 Å². The lowest BCUT2D eigenvalue weighted by molar-refractivity contribution is -0.0503. The zero-order chi connectivity index (χ0) is 30.3. The molecule has 2 amide bonds. The van der Waals surface area contributed by atoms with Gasteiger partial charge < -0.3 is 19.9 Å². The van der Waals surface area contributed by atoms with E-state index < -0.39 is 5.82 Å². The van der Waals surface area contributed by atoms with Gasteiger partial charge in [0.2, 0.25) is 0 Å². The number of carbonyl (C=O) groups is 2. The van der Waals surface area contributed by atoms with Gasteiger partial charge in [-0.1, -0.05) is 18.2 Å². The van der Waals surface area contributed by atoms with Crippen LogP contribution in [0.1, 0.15) is 66.3 Å². The number of ether oxygens (including phenoxy) is 1. The van der Waals surface area contributed by atoms with Crippen LogP contribution >= 0.6 is 0 Å². The van der Waals surface area contributed by atoms with E-state index in [0.29, 0.717) is 66.7 Å². The molecule has 8 rings (SSSR count). The maximum absolute atomic E-state index is 15.1. The molecule has 1 aliphatic heterocycles. The first-order valence-electron chi connectivity index (χ1n) is 16.1. The standard InChI is InChI=1S/C35H40FN5O3/c1-2-44-28-5-3-4-26(17-28)29-7-6-27(18-30(29)36)34(43)41-12-10-40(11-13-41)32-9-8-31(38-39-32)33(42)37-22-35-19-23-14-24(20-35)16-25(15-23)21-35/h3-9,17-18,23-25H,2,10-16,19-22H2,1H3,(H,37,42). The van der Waals surface area contributed by atoms with Gasteiger partial charge in [-0.05, 0) is 111 Å². The van der Waals surface area contributed by atoms with Gasteiger partial charge in [-0.2, -0.15) is 0 Å². The van der Waals surface area contributed by atoms with E-state index in [1.165, 1.54) is 44.6 Å². The van der Waals surface area contributed by atoms with Gasteiger partial charge in [0.25, 0.3) is 11.8 Å². The Hall–Kier alpha value is -4.01. The second kappa shape index (κ2) is 11.8. The van der Waals surface area contributed by atoms with Crippen LogP contribution in [0.5, 0.6) is 5.75 Å². The average Bonchev–Trinajstić information content (AvgIpc) is 3.03. The normalized spacial score (nSPS) is 25.6. The molecule has 1 aromatic heterocycles. The van der Waals surface area contributed by atoms with Crippen LogP contribution in [-0.2, 0) is 0 Å². The number of nitrogens with one attached hydrogen (secondary N) is 1. The molecule has 5 fully saturated rings. The Kier molecular flexibility index (Phi) is 7.72. The molecule has 5 aliphatic rings. The number of aromatic nitrogens is 2. The molecule has 230 valence electrons. The Labute approximate surface area is 258 Å². The van der Waals surface area contributed by atoms with E-state index in [2.05, 4.69) is 20.4 Å². The summed E-state index contributed by atoms with van der Waals surface area (Å²) in [5.41, 5.74) is 2.06. The number of nitrogens with zero attached hydrogens (tertiary/aromatic N) is 4. The van der Waals surface area contributed by atoms with E-state index in [1.807, 2.05) is 31.2 Å². The number of hydrogen-bond donors (Lipinski definition) is 1. The van der Waals surface area contributed by atoms with E-state index in [4.69, 9.17) is 4.74 Å². The Bertz CT molecular complexity index is 1500. The predicted octanol–water partition coefficient (Wildman–Crippen LogP) is 5.59. The Morgan fingerprint density at radius 2 is 1.66 bits per heavy atom. The smallest absolute Gasteiger partial charge is 0.271 e. The Balaban J connectivity index is 0.922. The largest absolute Gasteiger partial charge is 0.494 e. The van der Waals surface area contributed by atoms with Crippen molar-refractivity contribution in [3.05, 3.63) is 71.7 Å². The lowest BCUT2D eigenvalue weighted by Gasteiger charge is -2.56. The molecular formula is C35H40FN5O3. The van der Waals surface area contributed by atoms with Crippen molar-refractivity contribution in [2.24, 2.45) is 23.2 Å². The minimum absolute atomic E-state index is 0.157. The van der Waals surface area contributed by atoms with E-state index in [9.17, 15) is 9.59 Å². The highest BCUT2D eigenvalue weighted by Crippen LogP contribution is 2.59. The first-order valence-corrected chi connectivity index (χ1v) is 16.1. The number of carbonyl (C=O) groups excluding carboxylic acids is 2. The first-order chi connectivity index (χ1) is 21.4. The molecule has 3 aromatic rings. The fourth-order valence-corrected chi connectivity index (χ4v) is 8.60. The highest BCUT2D eigenvalue weighted by Gasteiger charge is 2.50. The third kappa shape index (κ3) is 5.76. The van der Waals surface area contributed by atoms with Crippen LogP contribution in [0, 0.1) is 29.0 Å². The average molecular weight is 598 g/mol. The number of halogens is 1. The maximum Gasteiger partial charge on any atom is 0.271 e. The van der Waals surface area contributed by atoms with Crippen LogP contribution in [0.2, 0.25) is 0 Å². The Morgan fingerprint density at radius 1 is 0.932 bits per heavy atom. The third-order valence-corrected chi connectivity index (χ3v) is 10.2. The molecule has 1 N–H and O–H groups in total. The minimum atomic E-state index is -0.444. The van der Waals surface area contributed by atoms with E-state index in [-0.39, 0.29) is 17.2 Å². The molecule has 44 heavy (non-hydrogen) atoms. The summed E-state index contributed by atoms with van der Waals surface area (Å²) in [5, 5.41) is 11.8. The van der Waals surface area contributed by atoms with Gasteiger partial charge in [0, 0.05) is 43.9 Å². The topological polar surface area (TPSA) is 87.7 Å². The van der Waals surface area contributed by atoms with Crippen molar-refractivity contribution in [1.82, 2.24) is 20.4 Å². The lowest BCUT2D eigenvalue weighted by atomic mass is 9.49. The molecule has 4 bridgehead atoms. The van der Waals surface area contributed by atoms with E-state index >= 15 is 4.39 Å². The van der Waals surface area contributed by atoms with Crippen molar-refractivity contribution in [2.45, 2.75) is 45.4 Å². The number of amides is 2.